The molecule has 0 radical (unpaired) electrons. The van der Waals surface area contributed by atoms with Gasteiger partial charge in [0, 0.05) is 11.6 Å². The molecule has 2 heterocycles. The topological polar surface area (TPSA) is 50.7 Å². The smallest absolute Gasteiger partial charge is 0.138 e. The van der Waals surface area contributed by atoms with E-state index in [4.69, 9.17) is 0 Å². The monoisotopic (exact) mass is 340 g/mol. The second kappa shape index (κ2) is 6.92. The van der Waals surface area contributed by atoms with Crippen molar-refractivity contribution in [2.45, 2.75) is 19.9 Å². The van der Waals surface area contributed by atoms with E-state index < -0.39 is 0 Å². The van der Waals surface area contributed by atoms with Crippen LogP contribution in [0.15, 0.2) is 73.2 Å². The highest BCUT2D eigenvalue weighted by Gasteiger charge is 2.18. The minimum absolute atomic E-state index is 0.0891. The van der Waals surface area contributed by atoms with E-state index in [9.17, 15) is 0 Å². The summed E-state index contributed by atoms with van der Waals surface area (Å²) in [5.74, 6) is 0.824. The van der Waals surface area contributed by atoms with Crippen LogP contribution in [-0.2, 0) is 0 Å². The summed E-state index contributed by atoms with van der Waals surface area (Å²) in [4.78, 5) is 13.5. The van der Waals surface area contributed by atoms with E-state index in [2.05, 4.69) is 64.4 Å². The zero-order valence-corrected chi connectivity index (χ0v) is 14.8. The van der Waals surface area contributed by atoms with Crippen LogP contribution in [-0.4, -0.2) is 15.0 Å². The number of benzene rings is 2. The second-order valence-electron chi connectivity index (χ2n) is 6.44. The predicted octanol–water partition coefficient (Wildman–Crippen LogP) is 4.84. The first kappa shape index (κ1) is 16.2. The van der Waals surface area contributed by atoms with E-state index in [0.29, 0.717) is 0 Å². The van der Waals surface area contributed by atoms with E-state index in [1.807, 2.05) is 36.5 Å². The van der Waals surface area contributed by atoms with Crippen molar-refractivity contribution >= 4 is 16.7 Å². The summed E-state index contributed by atoms with van der Waals surface area (Å²) in [6.07, 6.45) is 3.43. The standard InChI is InChI=1S/C22H20N4/c1-15-7-5-9-17(13-15)21(19-10-3-4-12-23-19)26-22-20-16(2)8-6-11-18(20)24-14-25-22/h3-14,21H,1-2H3,(H,24,25,26). The Labute approximate surface area is 153 Å². The lowest BCUT2D eigenvalue weighted by Crippen LogP contribution is -2.15. The van der Waals surface area contributed by atoms with Crippen LogP contribution in [0.2, 0.25) is 0 Å². The number of nitrogens with one attached hydrogen (secondary N) is 1. The molecule has 1 N–H and O–H groups in total. The molecule has 1 unspecified atom stereocenters. The molecular formula is C22H20N4. The average Bonchev–Trinajstić information content (AvgIpc) is 2.67. The van der Waals surface area contributed by atoms with Crippen molar-refractivity contribution in [3.05, 3.63) is 95.6 Å². The van der Waals surface area contributed by atoms with Crippen molar-refractivity contribution in [2.24, 2.45) is 0 Å². The SMILES string of the molecule is Cc1cccc(C(Nc2ncnc3cccc(C)c23)c2ccccn2)c1. The van der Waals surface area contributed by atoms with Gasteiger partial charge in [0.05, 0.1) is 17.3 Å². The molecule has 0 bridgehead atoms. The molecule has 4 nitrogen and oxygen atoms in total. The number of aryl methyl sites for hydroxylation is 2. The first-order valence-electron chi connectivity index (χ1n) is 8.67. The molecule has 0 saturated carbocycles. The molecule has 0 amide bonds. The number of pyridine rings is 1. The zero-order valence-electron chi connectivity index (χ0n) is 14.8. The van der Waals surface area contributed by atoms with Gasteiger partial charge in [0.2, 0.25) is 0 Å². The molecule has 4 rings (SSSR count). The molecule has 128 valence electrons. The van der Waals surface area contributed by atoms with Gasteiger partial charge in [-0.25, -0.2) is 9.97 Å². The Morgan fingerprint density at radius 3 is 2.54 bits per heavy atom. The van der Waals surface area contributed by atoms with Gasteiger partial charge in [-0.05, 0) is 43.2 Å². The van der Waals surface area contributed by atoms with Crippen LogP contribution in [0.5, 0.6) is 0 Å². The van der Waals surface area contributed by atoms with Gasteiger partial charge in [0.25, 0.3) is 0 Å². The summed E-state index contributed by atoms with van der Waals surface area (Å²) in [6, 6.07) is 20.5. The third-order valence-corrected chi connectivity index (χ3v) is 4.51. The fraction of sp³-hybridized carbons (Fsp3) is 0.136. The second-order valence-corrected chi connectivity index (χ2v) is 6.44. The van der Waals surface area contributed by atoms with Crippen molar-refractivity contribution < 1.29 is 0 Å². The summed E-state index contributed by atoms with van der Waals surface area (Å²) in [7, 11) is 0. The predicted molar refractivity (Wildman–Crippen MR) is 105 cm³/mol. The van der Waals surface area contributed by atoms with Gasteiger partial charge >= 0.3 is 0 Å². The zero-order chi connectivity index (χ0) is 17.9. The Morgan fingerprint density at radius 2 is 1.73 bits per heavy atom. The lowest BCUT2D eigenvalue weighted by molar-refractivity contribution is 0.877. The maximum Gasteiger partial charge on any atom is 0.138 e. The highest BCUT2D eigenvalue weighted by molar-refractivity contribution is 5.91. The molecule has 4 aromatic rings. The Balaban J connectivity index is 1.84. The van der Waals surface area contributed by atoms with Gasteiger partial charge in [-0.3, -0.25) is 4.98 Å². The van der Waals surface area contributed by atoms with Gasteiger partial charge in [-0.2, -0.15) is 0 Å². The van der Waals surface area contributed by atoms with E-state index in [0.717, 1.165) is 33.5 Å². The highest BCUT2D eigenvalue weighted by Crippen LogP contribution is 2.29. The van der Waals surface area contributed by atoms with Crippen LogP contribution in [0, 0.1) is 13.8 Å². The Hall–Kier alpha value is -3.27. The van der Waals surface area contributed by atoms with Crippen LogP contribution < -0.4 is 5.32 Å². The van der Waals surface area contributed by atoms with Crippen LogP contribution in [0.4, 0.5) is 5.82 Å². The first-order chi connectivity index (χ1) is 12.7. The minimum Gasteiger partial charge on any atom is -0.357 e. The summed E-state index contributed by atoms with van der Waals surface area (Å²) in [6.45, 7) is 4.18. The lowest BCUT2D eigenvalue weighted by Gasteiger charge is -2.21. The number of nitrogens with zero attached hydrogens (tertiary/aromatic N) is 3. The van der Waals surface area contributed by atoms with Gasteiger partial charge in [0.1, 0.15) is 12.1 Å². The molecule has 2 aromatic heterocycles. The van der Waals surface area contributed by atoms with E-state index >= 15 is 0 Å². The van der Waals surface area contributed by atoms with Gasteiger partial charge in [-0.1, -0.05) is 48.0 Å². The maximum absolute atomic E-state index is 4.58. The number of hydrogen-bond acceptors (Lipinski definition) is 4. The number of rotatable bonds is 4. The molecule has 0 fully saturated rings. The van der Waals surface area contributed by atoms with Crippen LogP contribution in [0.1, 0.15) is 28.4 Å². The van der Waals surface area contributed by atoms with Crippen molar-refractivity contribution in [1.82, 2.24) is 15.0 Å². The summed E-state index contributed by atoms with van der Waals surface area (Å²) < 4.78 is 0. The Morgan fingerprint density at radius 1 is 0.846 bits per heavy atom. The minimum atomic E-state index is -0.0891. The van der Waals surface area contributed by atoms with Crippen LogP contribution in [0.25, 0.3) is 10.9 Å². The third-order valence-electron chi connectivity index (χ3n) is 4.51. The summed E-state index contributed by atoms with van der Waals surface area (Å²) >= 11 is 0. The number of hydrogen-bond donors (Lipinski definition) is 1. The van der Waals surface area contributed by atoms with Crippen molar-refractivity contribution in [2.75, 3.05) is 5.32 Å². The van der Waals surface area contributed by atoms with E-state index in [1.54, 1.807) is 6.33 Å². The molecule has 26 heavy (non-hydrogen) atoms. The fourth-order valence-corrected chi connectivity index (χ4v) is 3.25. The Kier molecular flexibility index (Phi) is 4.32. The van der Waals surface area contributed by atoms with Crippen LogP contribution in [0.3, 0.4) is 0 Å². The van der Waals surface area contributed by atoms with Crippen LogP contribution >= 0.6 is 0 Å². The average molecular weight is 340 g/mol. The van der Waals surface area contributed by atoms with Gasteiger partial charge < -0.3 is 5.32 Å². The highest BCUT2D eigenvalue weighted by atomic mass is 15.0. The molecule has 0 aliphatic carbocycles. The quantitative estimate of drug-likeness (QED) is 0.577. The summed E-state index contributed by atoms with van der Waals surface area (Å²) in [5, 5.41) is 4.65. The number of anilines is 1. The van der Waals surface area contributed by atoms with Crippen molar-refractivity contribution in [1.29, 1.82) is 0 Å². The molecule has 0 aliphatic rings. The summed E-state index contributed by atoms with van der Waals surface area (Å²) in [5.41, 5.74) is 5.41. The first-order valence-corrected chi connectivity index (χ1v) is 8.67. The van der Waals surface area contributed by atoms with Crippen molar-refractivity contribution in [3.8, 4) is 0 Å². The van der Waals surface area contributed by atoms with Crippen molar-refractivity contribution in [3.63, 3.8) is 0 Å². The normalized spacial score (nSPS) is 12.1. The van der Waals surface area contributed by atoms with Gasteiger partial charge in [-0.15, -0.1) is 0 Å². The van der Waals surface area contributed by atoms with E-state index in [1.165, 1.54) is 5.56 Å². The molecule has 0 saturated heterocycles. The molecule has 4 heteroatoms. The number of fused-ring (bicyclic) bond motifs is 1. The largest absolute Gasteiger partial charge is 0.357 e. The molecular weight excluding hydrogens is 320 g/mol. The van der Waals surface area contributed by atoms with Gasteiger partial charge in [0.15, 0.2) is 0 Å². The molecule has 1 atom stereocenters. The molecule has 0 aliphatic heterocycles. The third kappa shape index (κ3) is 3.14. The fourth-order valence-electron chi connectivity index (χ4n) is 3.25. The van der Waals surface area contributed by atoms with E-state index in [-0.39, 0.29) is 6.04 Å². The molecule has 0 spiro atoms. The lowest BCUT2D eigenvalue weighted by atomic mass is 10.0. The maximum atomic E-state index is 4.58. The number of aromatic nitrogens is 3. The molecule has 2 aromatic carbocycles. The Bertz CT molecular complexity index is 1040.